The molecule has 1 unspecified atom stereocenters. The lowest BCUT2D eigenvalue weighted by atomic mass is 9.98. The number of carbonyl (C=O) groups excluding carboxylic acids is 1. The standard InChI is InChI=1S/C23H30N6O/c1-16-24-17(2)29(26-16)13-18-6-5-10-27(12-18)15-23(30)28-11-9-22-20(14-28)19-7-3-4-8-21(19)25-22/h3-4,7-8,18,25H,5-6,9-15H2,1-2H3. The first-order chi connectivity index (χ1) is 14.6. The number of nitrogens with zero attached hydrogens (tertiary/aromatic N) is 5. The number of amides is 1. The van der Waals surface area contributed by atoms with Crippen LogP contribution in [-0.2, 0) is 24.3 Å². The molecule has 1 fully saturated rings. The van der Waals surface area contributed by atoms with E-state index >= 15 is 0 Å². The fourth-order valence-electron chi connectivity index (χ4n) is 5.09. The summed E-state index contributed by atoms with van der Waals surface area (Å²) in [5.41, 5.74) is 3.75. The van der Waals surface area contributed by atoms with Crippen LogP contribution in [0.15, 0.2) is 24.3 Å². The molecule has 1 N–H and O–H groups in total. The number of para-hydroxylation sites is 1. The summed E-state index contributed by atoms with van der Waals surface area (Å²) in [6.45, 7) is 8.83. The normalized spacial score (nSPS) is 19.9. The average molecular weight is 407 g/mol. The predicted molar refractivity (Wildman–Crippen MR) is 116 cm³/mol. The minimum absolute atomic E-state index is 0.249. The molecule has 1 amide bonds. The van der Waals surface area contributed by atoms with Crippen LogP contribution < -0.4 is 0 Å². The Labute approximate surface area is 177 Å². The van der Waals surface area contributed by atoms with Gasteiger partial charge in [-0.1, -0.05) is 18.2 Å². The summed E-state index contributed by atoms with van der Waals surface area (Å²) < 4.78 is 2.02. The Bertz CT molecular complexity index is 1070. The Balaban J connectivity index is 1.21. The third kappa shape index (κ3) is 3.74. The molecule has 7 heteroatoms. The van der Waals surface area contributed by atoms with Crippen molar-refractivity contribution >= 4 is 16.8 Å². The summed E-state index contributed by atoms with van der Waals surface area (Å²) in [6, 6.07) is 8.40. The van der Waals surface area contributed by atoms with Gasteiger partial charge in [-0.25, -0.2) is 9.67 Å². The number of rotatable bonds is 4. The molecule has 0 aliphatic carbocycles. The van der Waals surface area contributed by atoms with Gasteiger partial charge in [-0.05, 0) is 45.2 Å². The van der Waals surface area contributed by atoms with Crippen molar-refractivity contribution in [2.24, 2.45) is 5.92 Å². The molecule has 1 aromatic carbocycles. The highest BCUT2D eigenvalue weighted by Gasteiger charge is 2.27. The molecule has 3 aromatic rings. The van der Waals surface area contributed by atoms with Crippen molar-refractivity contribution in [3.63, 3.8) is 0 Å². The average Bonchev–Trinajstić information content (AvgIpc) is 3.26. The molecule has 0 bridgehead atoms. The number of hydrogen-bond acceptors (Lipinski definition) is 4. The number of piperidine rings is 1. The van der Waals surface area contributed by atoms with E-state index in [1.165, 1.54) is 28.6 Å². The van der Waals surface area contributed by atoms with Crippen molar-refractivity contribution in [3.8, 4) is 0 Å². The van der Waals surface area contributed by atoms with E-state index in [4.69, 9.17) is 0 Å². The topological polar surface area (TPSA) is 70.1 Å². The number of aryl methyl sites for hydroxylation is 2. The van der Waals surface area contributed by atoms with Gasteiger partial charge in [0.25, 0.3) is 0 Å². The molecule has 2 aliphatic heterocycles. The summed E-state index contributed by atoms with van der Waals surface area (Å²) in [7, 11) is 0. The van der Waals surface area contributed by atoms with E-state index in [0.717, 1.165) is 50.7 Å². The number of likely N-dealkylation sites (tertiary alicyclic amines) is 1. The molecule has 0 radical (unpaired) electrons. The molecule has 158 valence electrons. The maximum absolute atomic E-state index is 13.1. The van der Waals surface area contributed by atoms with Gasteiger partial charge in [0, 0.05) is 54.8 Å². The third-order valence-electron chi connectivity index (χ3n) is 6.59. The van der Waals surface area contributed by atoms with Crippen molar-refractivity contribution in [1.29, 1.82) is 0 Å². The minimum Gasteiger partial charge on any atom is -0.358 e. The van der Waals surface area contributed by atoms with Gasteiger partial charge in [0.05, 0.1) is 6.54 Å². The Morgan fingerprint density at radius 1 is 1.23 bits per heavy atom. The highest BCUT2D eigenvalue weighted by Crippen LogP contribution is 2.28. The van der Waals surface area contributed by atoms with Crippen LogP contribution in [0, 0.1) is 19.8 Å². The second-order valence-corrected chi connectivity index (χ2v) is 8.82. The number of nitrogens with one attached hydrogen (secondary N) is 1. The van der Waals surface area contributed by atoms with Crippen molar-refractivity contribution < 1.29 is 4.79 Å². The number of benzene rings is 1. The Hall–Kier alpha value is -2.67. The molecule has 30 heavy (non-hydrogen) atoms. The lowest BCUT2D eigenvalue weighted by Crippen LogP contribution is -2.46. The Morgan fingerprint density at radius 3 is 2.93 bits per heavy atom. The van der Waals surface area contributed by atoms with E-state index < -0.39 is 0 Å². The van der Waals surface area contributed by atoms with Gasteiger partial charge in [-0.15, -0.1) is 0 Å². The number of fused-ring (bicyclic) bond motifs is 3. The van der Waals surface area contributed by atoms with Gasteiger partial charge in [0.1, 0.15) is 11.6 Å². The first-order valence-corrected chi connectivity index (χ1v) is 11.0. The molecular formula is C23H30N6O. The fourth-order valence-corrected chi connectivity index (χ4v) is 5.09. The lowest BCUT2D eigenvalue weighted by Gasteiger charge is -2.34. The van der Waals surface area contributed by atoms with E-state index in [0.29, 0.717) is 19.0 Å². The molecule has 0 saturated carbocycles. The van der Waals surface area contributed by atoms with E-state index in [1.807, 2.05) is 23.4 Å². The molecule has 2 aromatic heterocycles. The van der Waals surface area contributed by atoms with Crippen molar-refractivity contribution in [2.45, 2.75) is 46.2 Å². The third-order valence-corrected chi connectivity index (χ3v) is 6.59. The van der Waals surface area contributed by atoms with E-state index in [1.54, 1.807) is 0 Å². The van der Waals surface area contributed by atoms with Gasteiger partial charge in [0.15, 0.2) is 0 Å². The molecule has 7 nitrogen and oxygen atoms in total. The quantitative estimate of drug-likeness (QED) is 0.723. The fraction of sp³-hybridized carbons (Fsp3) is 0.522. The van der Waals surface area contributed by atoms with E-state index in [9.17, 15) is 4.79 Å². The Kier molecular flexibility index (Phi) is 5.06. The molecular weight excluding hydrogens is 376 g/mol. The first-order valence-electron chi connectivity index (χ1n) is 11.0. The van der Waals surface area contributed by atoms with Crippen LogP contribution in [-0.4, -0.2) is 61.6 Å². The monoisotopic (exact) mass is 406 g/mol. The summed E-state index contributed by atoms with van der Waals surface area (Å²) in [5, 5.41) is 5.77. The van der Waals surface area contributed by atoms with Gasteiger partial charge in [-0.2, -0.15) is 5.10 Å². The summed E-state index contributed by atoms with van der Waals surface area (Å²) in [6.07, 6.45) is 3.23. The zero-order chi connectivity index (χ0) is 20.7. The summed E-state index contributed by atoms with van der Waals surface area (Å²) in [4.78, 5) is 25.4. The largest absolute Gasteiger partial charge is 0.358 e. The van der Waals surface area contributed by atoms with Crippen LogP contribution in [0.25, 0.3) is 10.9 Å². The highest BCUT2D eigenvalue weighted by atomic mass is 16.2. The van der Waals surface area contributed by atoms with Gasteiger partial charge in [-0.3, -0.25) is 9.69 Å². The second-order valence-electron chi connectivity index (χ2n) is 8.82. The Morgan fingerprint density at radius 2 is 2.10 bits per heavy atom. The summed E-state index contributed by atoms with van der Waals surface area (Å²) in [5.74, 6) is 2.58. The van der Waals surface area contributed by atoms with Crippen molar-refractivity contribution in [2.75, 3.05) is 26.2 Å². The van der Waals surface area contributed by atoms with Crippen molar-refractivity contribution in [3.05, 3.63) is 47.2 Å². The van der Waals surface area contributed by atoms with Crippen LogP contribution >= 0.6 is 0 Å². The van der Waals surface area contributed by atoms with Crippen molar-refractivity contribution in [1.82, 2.24) is 29.5 Å². The molecule has 0 spiro atoms. The smallest absolute Gasteiger partial charge is 0.237 e. The van der Waals surface area contributed by atoms with Gasteiger partial charge in [0.2, 0.25) is 5.91 Å². The van der Waals surface area contributed by atoms with Gasteiger partial charge < -0.3 is 9.88 Å². The SMILES string of the molecule is Cc1nc(C)n(CC2CCCN(CC(=O)N3CCc4[nH]c5ccccc5c4C3)C2)n1. The molecule has 5 rings (SSSR count). The van der Waals surface area contributed by atoms with E-state index in [-0.39, 0.29) is 5.91 Å². The molecule has 1 atom stereocenters. The maximum Gasteiger partial charge on any atom is 0.237 e. The zero-order valence-electron chi connectivity index (χ0n) is 17.9. The van der Waals surface area contributed by atoms with Crippen LogP contribution in [0.1, 0.15) is 35.7 Å². The lowest BCUT2D eigenvalue weighted by molar-refractivity contribution is -0.133. The number of hydrogen-bond donors (Lipinski definition) is 1. The molecule has 4 heterocycles. The van der Waals surface area contributed by atoms with E-state index in [2.05, 4.69) is 44.2 Å². The number of H-pyrrole nitrogens is 1. The van der Waals surface area contributed by atoms with Crippen LogP contribution in [0.2, 0.25) is 0 Å². The molecule has 1 saturated heterocycles. The number of aromatic nitrogens is 4. The minimum atomic E-state index is 0.249. The predicted octanol–water partition coefficient (Wildman–Crippen LogP) is 2.67. The number of aromatic amines is 1. The second kappa shape index (κ2) is 7.87. The van der Waals surface area contributed by atoms with Gasteiger partial charge >= 0.3 is 0 Å². The zero-order valence-corrected chi connectivity index (χ0v) is 17.9. The number of carbonyl (C=O) groups is 1. The van der Waals surface area contributed by atoms with Crippen LogP contribution in [0.3, 0.4) is 0 Å². The van der Waals surface area contributed by atoms with Crippen LogP contribution in [0.4, 0.5) is 0 Å². The van der Waals surface area contributed by atoms with Crippen LogP contribution in [0.5, 0.6) is 0 Å². The summed E-state index contributed by atoms with van der Waals surface area (Å²) >= 11 is 0. The molecule has 2 aliphatic rings. The first kappa shape index (κ1) is 19.3. The highest BCUT2D eigenvalue weighted by molar-refractivity contribution is 5.86. The maximum atomic E-state index is 13.1.